The van der Waals surface area contributed by atoms with Gasteiger partial charge in [-0.3, -0.25) is 19.4 Å². The molecule has 0 radical (unpaired) electrons. The zero-order chi connectivity index (χ0) is 30.6. The molecule has 3 aromatic rings. The third-order valence-electron chi connectivity index (χ3n) is 9.53. The van der Waals surface area contributed by atoms with Crippen molar-refractivity contribution >= 4 is 28.6 Å². The number of amides is 3. The number of ether oxygens (including phenoxy) is 2. The molecule has 3 aliphatic rings. The molecular weight excluding hydrogens is 556 g/mol. The summed E-state index contributed by atoms with van der Waals surface area (Å²) >= 11 is 0. The van der Waals surface area contributed by atoms with Gasteiger partial charge in [-0.25, -0.2) is 0 Å². The summed E-state index contributed by atoms with van der Waals surface area (Å²) in [4.78, 5) is 49.0. The molecule has 2 saturated heterocycles. The van der Waals surface area contributed by atoms with Gasteiger partial charge in [0.1, 0.15) is 0 Å². The number of methoxy groups -OCH3 is 2. The monoisotopic (exact) mass is 598 g/mol. The lowest BCUT2D eigenvalue weighted by atomic mass is 9.77. The molecule has 0 unspecified atom stereocenters. The second-order valence-electron chi connectivity index (χ2n) is 12.4. The van der Waals surface area contributed by atoms with E-state index >= 15 is 0 Å². The van der Waals surface area contributed by atoms with E-state index in [1.807, 2.05) is 41.3 Å². The molecular formula is C35H42N4O5. The molecule has 3 atom stereocenters. The van der Waals surface area contributed by atoms with Crippen LogP contribution in [0.25, 0.3) is 10.9 Å². The van der Waals surface area contributed by atoms with E-state index in [9.17, 15) is 14.4 Å². The number of fused-ring (bicyclic) bond motifs is 7. The number of likely N-dealkylation sites (tertiary alicyclic amines) is 1. The number of carbonyl (C=O) groups excluding carboxylic acids is 3. The highest BCUT2D eigenvalue weighted by atomic mass is 16.5. The van der Waals surface area contributed by atoms with Crippen LogP contribution in [0.2, 0.25) is 0 Å². The smallest absolute Gasteiger partial charge is 0.256 e. The van der Waals surface area contributed by atoms with Gasteiger partial charge in [-0.2, -0.15) is 0 Å². The highest BCUT2D eigenvalue weighted by Gasteiger charge is 2.43. The molecule has 232 valence electrons. The minimum atomic E-state index is -0.0123. The number of para-hydroxylation sites is 1. The summed E-state index contributed by atoms with van der Waals surface area (Å²) in [6.45, 7) is 2.43. The van der Waals surface area contributed by atoms with Crippen molar-refractivity contribution in [3.05, 3.63) is 65.4 Å². The molecule has 3 aliphatic heterocycles. The Morgan fingerprint density at radius 3 is 2.66 bits per heavy atom. The maximum atomic E-state index is 13.9. The first kappa shape index (κ1) is 29.9. The van der Waals surface area contributed by atoms with E-state index in [1.165, 1.54) is 0 Å². The van der Waals surface area contributed by atoms with Crippen molar-refractivity contribution in [3.8, 4) is 11.5 Å². The molecule has 9 heteroatoms. The lowest BCUT2D eigenvalue weighted by molar-refractivity contribution is -0.140. The summed E-state index contributed by atoms with van der Waals surface area (Å²) in [5, 5.41) is 4.02. The summed E-state index contributed by atoms with van der Waals surface area (Å²) in [6, 6.07) is 13.7. The molecule has 4 heterocycles. The maximum absolute atomic E-state index is 13.9. The molecule has 9 nitrogen and oxygen atoms in total. The number of hydrogen-bond acceptors (Lipinski definition) is 6. The highest BCUT2D eigenvalue weighted by Crippen LogP contribution is 2.38. The topological polar surface area (TPSA) is 101 Å². The predicted molar refractivity (Wildman–Crippen MR) is 168 cm³/mol. The van der Waals surface area contributed by atoms with E-state index in [-0.39, 0.29) is 35.6 Å². The molecule has 2 fully saturated rings. The van der Waals surface area contributed by atoms with Gasteiger partial charge in [0.2, 0.25) is 11.8 Å². The number of hydrogen-bond donors (Lipinski definition) is 1. The Morgan fingerprint density at radius 1 is 0.955 bits per heavy atom. The molecule has 6 rings (SSSR count). The standard InChI is InChI=1S/C35H42N4O5/c1-43-30-19-23-13-14-32(41)39-21-24-18-27(22-38(20-24)35(42)28-10-3-7-25-8-5-16-37-33(25)28)29(39)11-4-12-31(40)36-15-6-9-26(17-23)34(30)44-2/h3,5,7-8,10,16-17,19,24,27,29H,4,6,9,11-15,18,20-22H2,1-2H3,(H,36,40)/t24-,27+,29-/m0/s1. The molecule has 0 spiro atoms. The van der Waals surface area contributed by atoms with Crippen LogP contribution in [-0.4, -0.2) is 78.9 Å². The van der Waals surface area contributed by atoms with Crippen molar-refractivity contribution in [3.63, 3.8) is 0 Å². The summed E-state index contributed by atoms with van der Waals surface area (Å²) in [5.74, 6) is 1.91. The highest BCUT2D eigenvalue weighted by molar-refractivity contribution is 6.05. The van der Waals surface area contributed by atoms with Gasteiger partial charge in [0.25, 0.3) is 5.91 Å². The van der Waals surface area contributed by atoms with Crippen LogP contribution < -0.4 is 14.8 Å². The molecule has 44 heavy (non-hydrogen) atoms. The van der Waals surface area contributed by atoms with Crippen LogP contribution in [0.1, 0.15) is 60.0 Å². The average Bonchev–Trinajstić information content (AvgIpc) is 3.04. The molecule has 0 aliphatic carbocycles. The number of benzene rings is 2. The predicted octanol–water partition coefficient (Wildman–Crippen LogP) is 4.41. The first-order chi connectivity index (χ1) is 21.4. The Hall–Kier alpha value is -4.14. The summed E-state index contributed by atoms with van der Waals surface area (Å²) in [6.07, 6.45) is 7.11. The van der Waals surface area contributed by atoms with Gasteiger partial charge in [0.15, 0.2) is 11.5 Å². The minimum Gasteiger partial charge on any atom is -0.493 e. The lowest BCUT2D eigenvalue weighted by Gasteiger charge is -2.51. The van der Waals surface area contributed by atoms with E-state index in [2.05, 4.69) is 21.3 Å². The number of aryl methyl sites for hydroxylation is 2. The van der Waals surface area contributed by atoms with Crippen molar-refractivity contribution in [1.82, 2.24) is 20.1 Å². The van der Waals surface area contributed by atoms with Crippen LogP contribution in [0.3, 0.4) is 0 Å². The van der Waals surface area contributed by atoms with Crippen molar-refractivity contribution in [1.29, 1.82) is 0 Å². The Bertz CT molecular complexity index is 1540. The number of nitrogens with zero attached hydrogens (tertiary/aromatic N) is 3. The van der Waals surface area contributed by atoms with Crippen LogP contribution in [0, 0.1) is 11.8 Å². The van der Waals surface area contributed by atoms with E-state index in [0.717, 1.165) is 47.7 Å². The largest absolute Gasteiger partial charge is 0.493 e. The Kier molecular flexibility index (Phi) is 9.00. The minimum absolute atomic E-state index is 0.000572. The molecule has 4 bridgehead atoms. The number of carbonyl (C=O) groups is 3. The van der Waals surface area contributed by atoms with E-state index in [0.29, 0.717) is 68.9 Å². The Morgan fingerprint density at radius 2 is 1.82 bits per heavy atom. The van der Waals surface area contributed by atoms with Crippen LogP contribution in [0.15, 0.2) is 48.7 Å². The van der Waals surface area contributed by atoms with Gasteiger partial charge in [-0.05, 0) is 79.7 Å². The van der Waals surface area contributed by atoms with Crippen molar-refractivity contribution in [2.75, 3.05) is 40.4 Å². The van der Waals surface area contributed by atoms with Crippen molar-refractivity contribution < 1.29 is 23.9 Å². The van der Waals surface area contributed by atoms with E-state index in [1.54, 1.807) is 20.4 Å². The summed E-state index contributed by atoms with van der Waals surface area (Å²) < 4.78 is 11.3. The lowest BCUT2D eigenvalue weighted by Crippen LogP contribution is -2.60. The molecule has 1 aromatic heterocycles. The van der Waals surface area contributed by atoms with Gasteiger partial charge in [0, 0.05) is 56.6 Å². The molecule has 0 saturated carbocycles. The average molecular weight is 599 g/mol. The van der Waals surface area contributed by atoms with Crippen molar-refractivity contribution in [2.24, 2.45) is 11.8 Å². The number of rotatable bonds is 3. The SMILES string of the molecule is COc1cc2cc(c1OC)CCCNC(=O)CCC[C@H]1[C@@H]3C[C@@H](CN(C(=O)c4cccc5cccnc45)C3)CN1C(=O)CC2. The third kappa shape index (κ3) is 6.23. The quantitative estimate of drug-likeness (QED) is 0.480. The maximum Gasteiger partial charge on any atom is 0.256 e. The van der Waals surface area contributed by atoms with Crippen molar-refractivity contribution in [2.45, 2.75) is 57.4 Å². The number of piperidine rings is 2. The second kappa shape index (κ2) is 13.2. The first-order valence-electron chi connectivity index (χ1n) is 15.9. The molecule has 3 amide bonds. The van der Waals surface area contributed by atoms with Crippen LogP contribution in [-0.2, 0) is 22.4 Å². The zero-order valence-electron chi connectivity index (χ0n) is 25.7. The van der Waals surface area contributed by atoms with Gasteiger partial charge in [-0.15, -0.1) is 0 Å². The Balaban J connectivity index is 1.24. The molecule has 2 aromatic carbocycles. The number of nitrogens with one attached hydrogen (secondary N) is 1. The van der Waals surface area contributed by atoms with E-state index in [4.69, 9.17) is 9.47 Å². The van der Waals surface area contributed by atoms with E-state index < -0.39 is 0 Å². The Labute approximate surface area is 258 Å². The van der Waals surface area contributed by atoms with Crippen LogP contribution >= 0.6 is 0 Å². The van der Waals surface area contributed by atoms with Gasteiger partial charge >= 0.3 is 0 Å². The van der Waals surface area contributed by atoms with Gasteiger partial charge < -0.3 is 24.6 Å². The third-order valence-corrected chi connectivity index (χ3v) is 9.53. The number of pyridine rings is 1. The summed E-state index contributed by atoms with van der Waals surface area (Å²) in [7, 11) is 3.27. The zero-order valence-corrected chi connectivity index (χ0v) is 25.7. The molecule has 1 N–H and O–H groups in total. The fraction of sp³-hybridized carbons (Fsp3) is 0.486. The second-order valence-corrected chi connectivity index (χ2v) is 12.4. The van der Waals surface area contributed by atoms with Gasteiger partial charge in [0.05, 0.1) is 25.3 Å². The normalized spacial score (nSPS) is 23.1. The van der Waals surface area contributed by atoms with Crippen LogP contribution in [0.4, 0.5) is 0 Å². The fourth-order valence-electron chi connectivity index (χ4n) is 7.52. The first-order valence-corrected chi connectivity index (χ1v) is 15.9. The number of aromatic nitrogens is 1. The van der Waals surface area contributed by atoms with Gasteiger partial charge in [-0.1, -0.05) is 24.3 Å². The van der Waals surface area contributed by atoms with Crippen LogP contribution in [0.5, 0.6) is 11.5 Å². The fourth-order valence-corrected chi connectivity index (χ4v) is 7.52. The summed E-state index contributed by atoms with van der Waals surface area (Å²) in [5.41, 5.74) is 3.41.